The summed E-state index contributed by atoms with van der Waals surface area (Å²) in [5.41, 5.74) is 1.28. The highest BCUT2D eigenvalue weighted by Gasteiger charge is 2.07. The highest BCUT2D eigenvalue weighted by atomic mass is 16.5. The van der Waals surface area contributed by atoms with Crippen molar-refractivity contribution in [3.05, 3.63) is 29.3 Å². The zero-order valence-electron chi connectivity index (χ0n) is 8.86. The van der Waals surface area contributed by atoms with Gasteiger partial charge in [0.15, 0.2) is 0 Å². The van der Waals surface area contributed by atoms with Gasteiger partial charge in [0.1, 0.15) is 12.4 Å². The van der Waals surface area contributed by atoms with E-state index in [1.807, 2.05) is 0 Å². The summed E-state index contributed by atoms with van der Waals surface area (Å²) >= 11 is 0. The molecule has 0 radical (unpaired) electrons. The molecule has 0 aliphatic rings. The van der Waals surface area contributed by atoms with E-state index < -0.39 is 5.97 Å². The van der Waals surface area contributed by atoms with Crippen molar-refractivity contribution in [3.8, 4) is 17.6 Å². The molecule has 1 aromatic rings. The summed E-state index contributed by atoms with van der Waals surface area (Å²) in [6, 6.07) is 5.01. The van der Waals surface area contributed by atoms with Gasteiger partial charge >= 0.3 is 5.97 Å². The van der Waals surface area contributed by atoms with Crippen LogP contribution in [0.1, 0.15) is 11.1 Å². The zero-order valence-corrected chi connectivity index (χ0v) is 8.86. The third-order valence-electron chi connectivity index (χ3n) is 1.94. The topological polar surface area (TPSA) is 66.8 Å². The first-order chi connectivity index (χ1) is 7.67. The van der Waals surface area contributed by atoms with Gasteiger partial charge in [0.2, 0.25) is 0 Å². The van der Waals surface area contributed by atoms with Gasteiger partial charge in [-0.15, -0.1) is 0 Å². The van der Waals surface area contributed by atoms with E-state index in [1.54, 1.807) is 18.2 Å². The molecular weight excluding hydrogens is 208 g/mol. The zero-order chi connectivity index (χ0) is 12.0. The first-order valence-corrected chi connectivity index (χ1v) is 4.66. The van der Waals surface area contributed by atoms with Gasteiger partial charge in [0, 0.05) is 11.1 Å². The minimum absolute atomic E-state index is 0.0864. The summed E-state index contributed by atoms with van der Waals surface area (Å²) in [5, 5.41) is 17.2. The Labute approximate surface area is 93.5 Å². The number of aliphatic hydroxyl groups is 1. The average molecular weight is 220 g/mol. The van der Waals surface area contributed by atoms with E-state index in [4.69, 9.17) is 14.9 Å². The predicted molar refractivity (Wildman–Crippen MR) is 58.3 cm³/mol. The molecule has 0 aliphatic carbocycles. The van der Waals surface area contributed by atoms with Crippen molar-refractivity contribution < 1.29 is 19.7 Å². The number of aliphatic carboxylic acids is 1. The molecule has 0 aliphatic heterocycles. The molecule has 0 fully saturated rings. The van der Waals surface area contributed by atoms with Crippen LogP contribution in [0.4, 0.5) is 0 Å². The fourth-order valence-corrected chi connectivity index (χ4v) is 1.27. The number of aliphatic hydroxyl groups excluding tert-OH is 1. The maximum atomic E-state index is 10.6. The SMILES string of the molecule is COc1cc(C#CCO)ccc1CC(=O)O. The van der Waals surface area contributed by atoms with Crippen LogP contribution in [0, 0.1) is 11.8 Å². The maximum Gasteiger partial charge on any atom is 0.307 e. The molecular formula is C12H12O4. The molecule has 0 aromatic heterocycles. The molecule has 0 bridgehead atoms. The van der Waals surface area contributed by atoms with E-state index in [-0.39, 0.29) is 13.0 Å². The standard InChI is InChI=1S/C12H12O4/c1-16-11-7-9(3-2-6-13)4-5-10(11)8-12(14)15/h4-5,7,13H,6,8H2,1H3,(H,14,15). The van der Waals surface area contributed by atoms with E-state index in [0.29, 0.717) is 16.9 Å². The lowest BCUT2D eigenvalue weighted by Crippen LogP contribution is -2.02. The van der Waals surface area contributed by atoms with Crippen molar-refractivity contribution in [2.45, 2.75) is 6.42 Å². The number of hydrogen-bond acceptors (Lipinski definition) is 3. The van der Waals surface area contributed by atoms with Crippen LogP contribution in [0.15, 0.2) is 18.2 Å². The molecule has 1 rings (SSSR count). The molecule has 4 heteroatoms. The molecule has 16 heavy (non-hydrogen) atoms. The highest BCUT2D eigenvalue weighted by Crippen LogP contribution is 2.20. The third-order valence-corrected chi connectivity index (χ3v) is 1.94. The van der Waals surface area contributed by atoms with Gasteiger partial charge in [-0.2, -0.15) is 0 Å². The fraction of sp³-hybridized carbons (Fsp3) is 0.250. The van der Waals surface area contributed by atoms with E-state index >= 15 is 0 Å². The summed E-state index contributed by atoms with van der Waals surface area (Å²) in [6.45, 7) is -0.209. The van der Waals surface area contributed by atoms with Crippen LogP contribution in [-0.2, 0) is 11.2 Å². The molecule has 0 amide bonds. The number of carboxylic acid groups (broad SMARTS) is 1. The van der Waals surface area contributed by atoms with E-state index in [0.717, 1.165) is 0 Å². The second-order valence-electron chi connectivity index (χ2n) is 3.06. The molecule has 0 atom stereocenters. The second kappa shape index (κ2) is 5.79. The van der Waals surface area contributed by atoms with Crippen molar-refractivity contribution in [3.63, 3.8) is 0 Å². The second-order valence-corrected chi connectivity index (χ2v) is 3.06. The van der Waals surface area contributed by atoms with Crippen LogP contribution in [0.2, 0.25) is 0 Å². The van der Waals surface area contributed by atoms with Gasteiger partial charge < -0.3 is 14.9 Å². The summed E-state index contributed by atoms with van der Waals surface area (Å²) in [7, 11) is 1.48. The first-order valence-electron chi connectivity index (χ1n) is 4.66. The third kappa shape index (κ3) is 3.30. The molecule has 84 valence electrons. The number of benzene rings is 1. The van der Waals surface area contributed by atoms with Crippen molar-refractivity contribution in [2.75, 3.05) is 13.7 Å². The number of carbonyl (C=O) groups is 1. The molecule has 0 saturated carbocycles. The average Bonchev–Trinajstić information content (AvgIpc) is 2.27. The lowest BCUT2D eigenvalue weighted by molar-refractivity contribution is -0.136. The summed E-state index contributed by atoms with van der Waals surface area (Å²) in [6.07, 6.45) is -0.0864. The largest absolute Gasteiger partial charge is 0.496 e. The summed E-state index contributed by atoms with van der Waals surface area (Å²) in [5.74, 6) is 4.81. The predicted octanol–water partition coefficient (Wildman–Crippen LogP) is 0.666. The van der Waals surface area contributed by atoms with Crippen LogP contribution >= 0.6 is 0 Å². The Balaban J connectivity index is 3.01. The van der Waals surface area contributed by atoms with Crippen LogP contribution in [0.3, 0.4) is 0 Å². The number of ether oxygens (including phenoxy) is 1. The van der Waals surface area contributed by atoms with Crippen LogP contribution in [-0.4, -0.2) is 29.9 Å². The lowest BCUT2D eigenvalue weighted by atomic mass is 10.1. The maximum absolute atomic E-state index is 10.6. The van der Waals surface area contributed by atoms with Gasteiger partial charge in [-0.25, -0.2) is 0 Å². The Kier molecular flexibility index (Phi) is 4.37. The van der Waals surface area contributed by atoms with Gasteiger partial charge in [0.25, 0.3) is 0 Å². The van der Waals surface area contributed by atoms with Crippen LogP contribution < -0.4 is 4.74 Å². The monoisotopic (exact) mass is 220 g/mol. The molecule has 1 aromatic carbocycles. The molecule has 0 heterocycles. The molecule has 0 saturated heterocycles. The van der Waals surface area contributed by atoms with Gasteiger partial charge in [-0.3, -0.25) is 4.79 Å². The molecule has 0 spiro atoms. The smallest absolute Gasteiger partial charge is 0.307 e. The number of hydrogen-bond donors (Lipinski definition) is 2. The number of methoxy groups -OCH3 is 1. The Bertz CT molecular complexity index is 440. The van der Waals surface area contributed by atoms with Crippen molar-refractivity contribution in [1.29, 1.82) is 0 Å². The Morgan fingerprint density at radius 3 is 2.81 bits per heavy atom. The van der Waals surface area contributed by atoms with Gasteiger partial charge in [0.05, 0.1) is 13.5 Å². The minimum atomic E-state index is -0.910. The lowest BCUT2D eigenvalue weighted by Gasteiger charge is -2.06. The Morgan fingerprint density at radius 2 is 2.25 bits per heavy atom. The number of rotatable bonds is 3. The van der Waals surface area contributed by atoms with Gasteiger partial charge in [-0.05, 0) is 12.1 Å². The first kappa shape index (κ1) is 12.1. The van der Waals surface area contributed by atoms with Crippen molar-refractivity contribution >= 4 is 5.97 Å². The molecule has 0 unspecified atom stereocenters. The number of carboxylic acids is 1. The van der Waals surface area contributed by atoms with Gasteiger partial charge in [-0.1, -0.05) is 17.9 Å². The van der Waals surface area contributed by atoms with E-state index in [1.165, 1.54) is 7.11 Å². The van der Waals surface area contributed by atoms with Crippen molar-refractivity contribution in [1.82, 2.24) is 0 Å². The minimum Gasteiger partial charge on any atom is -0.496 e. The fourth-order valence-electron chi connectivity index (χ4n) is 1.27. The Hall–Kier alpha value is -1.99. The Morgan fingerprint density at radius 1 is 1.50 bits per heavy atom. The van der Waals surface area contributed by atoms with E-state index in [2.05, 4.69) is 11.8 Å². The van der Waals surface area contributed by atoms with Crippen LogP contribution in [0.25, 0.3) is 0 Å². The highest BCUT2D eigenvalue weighted by molar-refractivity contribution is 5.71. The van der Waals surface area contributed by atoms with E-state index in [9.17, 15) is 4.79 Å². The molecule has 4 nitrogen and oxygen atoms in total. The summed E-state index contributed by atoms with van der Waals surface area (Å²) < 4.78 is 5.07. The molecule has 2 N–H and O–H groups in total. The van der Waals surface area contributed by atoms with Crippen molar-refractivity contribution in [2.24, 2.45) is 0 Å². The quantitative estimate of drug-likeness (QED) is 0.734. The summed E-state index contributed by atoms with van der Waals surface area (Å²) in [4.78, 5) is 10.6. The normalized spacial score (nSPS) is 9.12. The van der Waals surface area contributed by atoms with Crippen LogP contribution in [0.5, 0.6) is 5.75 Å².